The van der Waals surface area contributed by atoms with Gasteiger partial charge in [0.05, 0.1) is 5.69 Å². The molecule has 0 fully saturated rings. The normalized spacial score (nSPS) is 14.1. The molecule has 1 N–H and O–H groups in total. The minimum absolute atomic E-state index is 0.0161. The molecule has 0 saturated carbocycles. The number of carboxylic acids is 1. The first-order chi connectivity index (χ1) is 9.88. The summed E-state index contributed by atoms with van der Waals surface area (Å²) in [6.45, 7) is 0. The van der Waals surface area contributed by atoms with Gasteiger partial charge in [-0.15, -0.1) is 0 Å². The second kappa shape index (κ2) is 5.76. The Balaban J connectivity index is 2.19. The Morgan fingerprint density at radius 2 is 2.00 bits per heavy atom. The fourth-order valence-electron chi connectivity index (χ4n) is 1.66. The van der Waals surface area contributed by atoms with Crippen LogP contribution < -0.4 is 9.64 Å². The van der Waals surface area contributed by atoms with E-state index in [0.29, 0.717) is 0 Å². The molecule has 108 valence electrons. The highest BCUT2D eigenvalue weighted by Crippen LogP contribution is 2.27. The van der Waals surface area contributed by atoms with Gasteiger partial charge in [-0.1, -0.05) is 17.7 Å². The lowest BCUT2D eigenvalue weighted by Gasteiger charge is -2.14. The van der Waals surface area contributed by atoms with Crippen LogP contribution in [0.3, 0.4) is 0 Å². The van der Waals surface area contributed by atoms with Gasteiger partial charge in [0.1, 0.15) is 17.2 Å². The predicted octanol–water partition coefficient (Wildman–Crippen LogP) is 1.06. The van der Waals surface area contributed by atoms with Crippen molar-refractivity contribution in [3.8, 4) is 5.75 Å². The molecule has 1 aliphatic heterocycles. The summed E-state index contributed by atoms with van der Waals surface area (Å²) in [4.78, 5) is 45.8. The Bertz CT molecular complexity index is 681. The molecular formula is C13H8ClNO6. The largest absolute Gasteiger partial charge is 0.481 e. The van der Waals surface area contributed by atoms with Gasteiger partial charge < -0.3 is 9.84 Å². The van der Waals surface area contributed by atoms with Crippen LogP contribution in [0.4, 0.5) is 5.69 Å². The van der Waals surface area contributed by atoms with Gasteiger partial charge in [0.15, 0.2) is 0 Å². The van der Waals surface area contributed by atoms with Crippen LogP contribution in [-0.4, -0.2) is 28.9 Å². The molecule has 1 aromatic carbocycles. The van der Waals surface area contributed by atoms with E-state index < -0.39 is 30.2 Å². The molecule has 1 aliphatic rings. The Morgan fingerprint density at radius 3 is 2.57 bits per heavy atom. The second-order valence-electron chi connectivity index (χ2n) is 4.01. The molecule has 2 amide bonds. The maximum atomic E-state index is 11.7. The lowest BCUT2D eigenvalue weighted by Crippen LogP contribution is -2.30. The van der Waals surface area contributed by atoms with Crippen LogP contribution in [0, 0.1) is 0 Å². The Kier molecular flexibility index (Phi) is 4.04. The summed E-state index contributed by atoms with van der Waals surface area (Å²) in [5.41, 5.74) is 0.164. The molecule has 0 aromatic heterocycles. The third kappa shape index (κ3) is 3.26. The highest BCUT2D eigenvalue weighted by molar-refractivity contribution is 6.51. The summed E-state index contributed by atoms with van der Waals surface area (Å²) >= 11 is 5.58. The van der Waals surface area contributed by atoms with Gasteiger partial charge in [-0.3, -0.25) is 19.2 Å². The minimum Gasteiger partial charge on any atom is -0.481 e. The first-order valence-corrected chi connectivity index (χ1v) is 6.04. The number of rotatable bonds is 4. The molecule has 0 atom stereocenters. The summed E-state index contributed by atoms with van der Waals surface area (Å²) in [7, 11) is 0. The van der Waals surface area contributed by atoms with Crippen LogP contribution in [0.25, 0.3) is 0 Å². The average Bonchev–Trinajstić information content (AvgIpc) is 2.62. The van der Waals surface area contributed by atoms with Gasteiger partial charge in [-0.25, -0.2) is 4.90 Å². The van der Waals surface area contributed by atoms with Crippen molar-refractivity contribution >= 4 is 41.0 Å². The minimum atomic E-state index is -1.32. The van der Waals surface area contributed by atoms with Crippen molar-refractivity contribution in [2.45, 2.75) is 6.42 Å². The van der Waals surface area contributed by atoms with Crippen LogP contribution in [0.2, 0.25) is 0 Å². The highest BCUT2D eigenvalue weighted by Gasteiger charge is 2.31. The summed E-state index contributed by atoms with van der Waals surface area (Å²) in [5, 5.41) is 8.25. The van der Waals surface area contributed by atoms with E-state index in [4.69, 9.17) is 21.4 Å². The number of carboxylic acid groups (broad SMARTS) is 1. The van der Waals surface area contributed by atoms with Crippen LogP contribution in [0.5, 0.6) is 5.75 Å². The fraction of sp³-hybridized carbons (Fsp3) is 0.0769. The zero-order valence-electron chi connectivity index (χ0n) is 10.4. The van der Waals surface area contributed by atoms with Gasteiger partial charge in [-0.05, 0) is 12.1 Å². The number of carbonyl (C=O) groups is 4. The standard InChI is InChI=1S/C13H8ClNO6/c14-9-5-10(16)15(13(9)20)7-2-1-3-8(4-7)21-12(19)6-11(17)18/h1-5H,6H2,(H,17,18). The van der Waals surface area contributed by atoms with Crippen LogP contribution in [0.1, 0.15) is 6.42 Å². The van der Waals surface area contributed by atoms with E-state index in [1.54, 1.807) is 0 Å². The van der Waals surface area contributed by atoms with Gasteiger partial charge in [-0.2, -0.15) is 0 Å². The maximum Gasteiger partial charge on any atom is 0.322 e. The van der Waals surface area contributed by atoms with Gasteiger partial charge in [0, 0.05) is 12.1 Å². The average molecular weight is 310 g/mol. The summed E-state index contributed by atoms with van der Waals surface area (Å²) < 4.78 is 4.80. The fourth-order valence-corrected chi connectivity index (χ4v) is 1.84. The third-order valence-corrected chi connectivity index (χ3v) is 2.75. The number of hydrogen-bond acceptors (Lipinski definition) is 5. The van der Waals surface area contributed by atoms with Crippen molar-refractivity contribution in [1.29, 1.82) is 0 Å². The zero-order valence-corrected chi connectivity index (χ0v) is 11.2. The molecule has 21 heavy (non-hydrogen) atoms. The number of anilines is 1. The van der Waals surface area contributed by atoms with Crippen LogP contribution in [0.15, 0.2) is 35.4 Å². The monoisotopic (exact) mass is 309 g/mol. The number of esters is 1. The number of aliphatic carboxylic acids is 1. The smallest absolute Gasteiger partial charge is 0.322 e. The molecule has 7 nitrogen and oxygen atoms in total. The number of nitrogens with zero attached hydrogens (tertiary/aromatic N) is 1. The molecule has 0 bridgehead atoms. The quantitative estimate of drug-likeness (QED) is 0.386. The van der Waals surface area contributed by atoms with E-state index in [2.05, 4.69) is 0 Å². The number of benzene rings is 1. The molecule has 0 unspecified atom stereocenters. The topological polar surface area (TPSA) is 101 Å². The molecule has 2 rings (SSSR count). The maximum absolute atomic E-state index is 11.7. The molecule has 0 radical (unpaired) electrons. The lowest BCUT2D eigenvalue weighted by atomic mass is 10.2. The summed E-state index contributed by atoms with van der Waals surface area (Å²) in [5.74, 6) is -3.57. The number of amides is 2. The summed E-state index contributed by atoms with van der Waals surface area (Å²) in [6.07, 6.45) is 0.187. The first-order valence-electron chi connectivity index (χ1n) is 5.66. The lowest BCUT2D eigenvalue weighted by molar-refractivity contribution is -0.145. The third-order valence-electron chi connectivity index (χ3n) is 2.48. The van der Waals surface area contributed by atoms with Gasteiger partial charge in [0.2, 0.25) is 0 Å². The molecular weight excluding hydrogens is 302 g/mol. The Morgan fingerprint density at radius 1 is 1.29 bits per heavy atom. The number of halogens is 1. The van der Waals surface area contributed by atoms with E-state index in [9.17, 15) is 19.2 Å². The van der Waals surface area contributed by atoms with Crippen molar-refractivity contribution < 1.29 is 29.0 Å². The van der Waals surface area contributed by atoms with Crippen molar-refractivity contribution in [3.05, 3.63) is 35.4 Å². The number of ether oxygens (including phenoxy) is 1. The molecule has 0 saturated heterocycles. The molecule has 0 spiro atoms. The van der Waals surface area contributed by atoms with Gasteiger partial charge >= 0.3 is 11.9 Å². The van der Waals surface area contributed by atoms with E-state index in [-0.39, 0.29) is 16.5 Å². The highest BCUT2D eigenvalue weighted by atomic mass is 35.5. The second-order valence-corrected chi connectivity index (χ2v) is 4.42. The van der Waals surface area contributed by atoms with Crippen molar-refractivity contribution in [1.82, 2.24) is 0 Å². The van der Waals surface area contributed by atoms with Gasteiger partial charge in [0.25, 0.3) is 11.8 Å². The van der Waals surface area contributed by atoms with Crippen molar-refractivity contribution in [2.24, 2.45) is 0 Å². The molecule has 8 heteroatoms. The van der Waals surface area contributed by atoms with Crippen molar-refractivity contribution in [2.75, 3.05) is 4.90 Å². The SMILES string of the molecule is O=C(O)CC(=O)Oc1cccc(N2C(=O)C=C(Cl)C2=O)c1. The molecule has 1 heterocycles. The first kappa shape index (κ1) is 14.7. The Hall–Kier alpha value is -2.67. The summed E-state index contributed by atoms with van der Waals surface area (Å²) in [6, 6.07) is 5.56. The van der Waals surface area contributed by atoms with Crippen LogP contribution >= 0.6 is 11.6 Å². The van der Waals surface area contributed by atoms with E-state index in [1.807, 2.05) is 0 Å². The van der Waals surface area contributed by atoms with Crippen molar-refractivity contribution in [3.63, 3.8) is 0 Å². The molecule has 0 aliphatic carbocycles. The predicted molar refractivity (Wildman–Crippen MR) is 70.8 cm³/mol. The number of imide groups is 1. The van der Waals surface area contributed by atoms with E-state index >= 15 is 0 Å². The van der Waals surface area contributed by atoms with Crippen LogP contribution in [-0.2, 0) is 19.2 Å². The van der Waals surface area contributed by atoms with E-state index in [0.717, 1.165) is 11.0 Å². The number of hydrogen-bond donors (Lipinski definition) is 1. The number of carbonyl (C=O) groups excluding carboxylic acids is 3. The van der Waals surface area contributed by atoms with E-state index in [1.165, 1.54) is 24.3 Å². The molecule has 1 aromatic rings. The zero-order chi connectivity index (χ0) is 15.6. The Labute approximate surface area is 123 Å².